The summed E-state index contributed by atoms with van der Waals surface area (Å²) in [6.45, 7) is 8.12. The zero-order chi connectivity index (χ0) is 17.7. The van der Waals surface area contributed by atoms with Gasteiger partial charge in [0, 0.05) is 35.9 Å². The van der Waals surface area contributed by atoms with Crippen LogP contribution in [0.15, 0.2) is 42.5 Å². The van der Waals surface area contributed by atoms with Gasteiger partial charge in [-0.2, -0.15) is 0 Å². The van der Waals surface area contributed by atoms with Gasteiger partial charge in [-0.15, -0.1) is 0 Å². The van der Waals surface area contributed by atoms with E-state index in [9.17, 15) is 0 Å². The number of quaternary nitrogens is 1. The van der Waals surface area contributed by atoms with Gasteiger partial charge in [0.25, 0.3) is 0 Å². The maximum Gasteiger partial charge on any atom is 0.129 e. The molecular weight excluding hydrogens is 316 g/mol. The Kier molecular flexibility index (Phi) is 3.90. The lowest BCUT2D eigenvalue weighted by atomic mass is 9.90. The number of benzene rings is 2. The van der Waals surface area contributed by atoms with Crippen LogP contribution in [0.2, 0.25) is 0 Å². The molecule has 2 aromatic carbocycles. The van der Waals surface area contributed by atoms with Crippen molar-refractivity contribution in [2.24, 2.45) is 0 Å². The molecule has 1 unspecified atom stereocenters. The van der Waals surface area contributed by atoms with Crippen LogP contribution in [-0.2, 0) is 19.5 Å². The number of rotatable bonds is 2. The van der Waals surface area contributed by atoms with Gasteiger partial charge >= 0.3 is 0 Å². The Bertz CT molecular complexity index is 962. The van der Waals surface area contributed by atoms with Gasteiger partial charge in [-0.3, -0.25) is 0 Å². The summed E-state index contributed by atoms with van der Waals surface area (Å²) < 4.78 is 2.68. The summed E-state index contributed by atoms with van der Waals surface area (Å²) in [6, 6.07) is 16.7. The van der Waals surface area contributed by atoms with Crippen LogP contribution in [-0.4, -0.2) is 11.1 Å². The number of hydrogen-bond acceptors (Lipinski definition) is 0. The van der Waals surface area contributed by atoms with Crippen LogP contribution in [0.5, 0.6) is 0 Å². The molecule has 0 radical (unpaired) electrons. The maximum absolute atomic E-state index is 2.68. The zero-order valence-electron chi connectivity index (χ0n) is 16.0. The molecule has 3 aromatic rings. The van der Waals surface area contributed by atoms with Crippen LogP contribution in [0.4, 0.5) is 0 Å². The third-order valence-corrected chi connectivity index (χ3v) is 6.67. The van der Waals surface area contributed by atoms with Crippen molar-refractivity contribution >= 4 is 10.9 Å². The van der Waals surface area contributed by atoms with Gasteiger partial charge in [-0.05, 0) is 49.9 Å². The fourth-order valence-electron chi connectivity index (χ4n) is 5.38. The van der Waals surface area contributed by atoms with Crippen molar-refractivity contribution in [2.75, 3.05) is 6.54 Å². The molecule has 0 saturated heterocycles. The molecule has 2 aliphatic rings. The second-order valence-corrected chi connectivity index (χ2v) is 8.35. The number of nitrogens with one attached hydrogen (secondary N) is 1. The molecule has 1 aliphatic heterocycles. The molecule has 2 heterocycles. The minimum absolute atomic E-state index is 0.661. The Labute approximate surface area is 156 Å². The summed E-state index contributed by atoms with van der Waals surface area (Å²) in [4.78, 5) is 1.78. The standard InChI is InChI=1S/C24H28N2/c1-17-11-12-22-21(15-17)20-9-5-10-23-24(20)26(22)14-6-13-25(23)16-19-8-4-3-7-18(19)2/h3-4,7-8,11-12,15,23H,5-6,9-10,13-14,16H2,1-2H3/p+1/t23-/m0/s1. The molecule has 2 heteroatoms. The predicted octanol–water partition coefficient (Wildman–Crippen LogP) is 4.12. The normalized spacial score (nSPS) is 22.2. The topological polar surface area (TPSA) is 9.37 Å². The maximum atomic E-state index is 2.68. The summed E-state index contributed by atoms with van der Waals surface area (Å²) >= 11 is 0. The molecule has 1 N–H and O–H groups in total. The molecule has 0 amide bonds. The molecular formula is C24H29N2+. The van der Waals surface area contributed by atoms with Crippen molar-refractivity contribution in [3.63, 3.8) is 0 Å². The highest BCUT2D eigenvalue weighted by Crippen LogP contribution is 2.37. The van der Waals surface area contributed by atoms with Crippen molar-refractivity contribution in [3.05, 3.63) is 70.4 Å². The quantitative estimate of drug-likeness (QED) is 0.715. The van der Waals surface area contributed by atoms with Gasteiger partial charge in [-0.1, -0.05) is 35.9 Å². The van der Waals surface area contributed by atoms with Gasteiger partial charge in [0.05, 0.1) is 12.2 Å². The van der Waals surface area contributed by atoms with Crippen molar-refractivity contribution < 1.29 is 4.90 Å². The number of hydrogen-bond donors (Lipinski definition) is 1. The molecule has 0 saturated carbocycles. The molecule has 134 valence electrons. The first kappa shape index (κ1) is 16.1. The van der Waals surface area contributed by atoms with Crippen LogP contribution in [0.3, 0.4) is 0 Å². The van der Waals surface area contributed by atoms with E-state index >= 15 is 0 Å². The number of fused-ring (bicyclic) bond motifs is 3. The summed E-state index contributed by atoms with van der Waals surface area (Å²) in [5, 5.41) is 1.53. The lowest BCUT2D eigenvalue weighted by Gasteiger charge is -2.31. The van der Waals surface area contributed by atoms with E-state index in [1.165, 1.54) is 66.4 Å². The fraction of sp³-hybridized carbons (Fsp3) is 0.417. The van der Waals surface area contributed by atoms with Crippen LogP contribution in [0.1, 0.15) is 53.3 Å². The first-order chi connectivity index (χ1) is 12.7. The second-order valence-electron chi connectivity index (χ2n) is 8.35. The third kappa shape index (κ3) is 2.51. The van der Waals surface area contributed by atoms with E-state index in [2.05, 4.69) is 60.9 Å². The minimum Gasteiger partial charge on any atom is -0.339 e. The SMILES string of the molecule is Cc1ccc2c(c1)c1c3n2CCC[NH+](Cc2ccccc2C)[C@H]3CCC1. The van der Waals surface area contributed by atoms with Gasteiger partial charge in [0.1, 0.15) is 12.6 Å². The predicted molar refractivity (Wildman–Crippen MR) is 108 cm³/mol. The third-order valence-electron chi connectivity index (χ3n) is 6.67. The van der Waals surface area contributed by atoms with Gasteiger partial charge in [0.2, 0.25) is 0 Å². The zero-order valence-corrected chi connectivity index (χ0v) is 16.0. The van der Waals surface area contributed by atoms with E-state index in [0.717, 1.165) is 6.54 Å². The van der Waals surface area contributed by atoms with Crippen LogP contribution in [0.25, 0.3) is 10.9 Å². The van der Waals surface area contributed by atoms with E-state index in [1.807, 2.05) is 0 Å². The molecule has 2 atom stereocenters. The number of aryl methyl sites for hydroxylation is 4. The second kappa shape index (κ2) is 6.28. The average Bonchev–Trinajstić information content (AvgIpc) is 2.83. The lowest BCUT2D eigenvalue weighted by molar-refractivity contribution is -0.945. The van der Waals surface area contributed by atoms with Crippen LogP contribution < -0.4 is 4.90 Å². The van der Waals surface area contributed by atoms with E-state index < -0.39 is 0 Å². The van der Waals surface area contributed by atoms with E-state index in [1.54, 1.807) is 16.2 Å². The highest BCUT2D eigenvalue weighted by Gasteiger charge is 2.36. The molecule has 1 aliphatic carbocycles. The Morgan fingerprint density at radius 1 is 1.08 bits per heavy atom. The first-order valence-corrected chi connectivity index (χ1v) is 10.2. The lowest BCUT2D eigenvalue weighted by Crippen LogP contribution is -3.11. The van der Waals surface area contributed by atoms with Gasteiger partial charge in [0.15, 0.2) is 0 Å². The summed E-state index contributed by atoms with van der Waals surface area (Å²) in [7, 11) is 0. The highest BCUT2D eigenvalue weighted by molar-refractivity contribution is 5.86. The minimum atomic E-state index is 0.661. The Balaban J connectivity index is 1.61. The van der Waals surface area contributed by atoms with Crippen molar-refractivity contribution in [3.8, 4) is 0 Å². The molecule has 26 heavy (non-hydrogen) atoms. The van der Waals surface area contributed by atoms with Crippen molar-refractivity contribution in [1.29, 1.82) is 0 Å². The van der Waals surface area contributed by atoms with E-state index in [0.29, 0.717) is 6.04 Å². The highest BCUT2D eigenvalue weighted by atomic mass is 15.2. The largest absolute Gasteiger partial charge is 0.339 e. The van der Waals surface area contributed by atoms with Crippen LogP contribution in [0, 0.1) is 13.8 Å². The fourth-order valence-corrected chi connectivity index (χ4v) is 5.38. The Hall–Kier alpha value is -2.06. The molecule has 1 aromatic heterocycles. The number of nitrogens with zero attached hydrogens (tertiary/aromatic N) is 1. The Morgan fingerprint density at radius 2 is 1.96 bits per heavy atom. The molecule has 2 nitrogen and oxygen atoms in total. The number of aromatic nitrogens is 1. The first-order valence-electron chi connectivity index (χ1n) is 10.2. The monoisotopic (exact) mass is 345 g/mol. The van der Waals surface area contributed by atoms with Gasteiger partial charge in [-0.25, -0.2) is 0 Å². The van der Waals surface area contributed by atoms with Crippen LogP contribution >= 0.6 is 0 Å². The molecule has 0 bridgehead atoms. The van der Waals surface area contributed by atoms with E-state index in [4.69, 9.17) is 0 Å². The molecule has 0 fully saturated rings. The van der Waals surface area contributed by atoms with E-state index in [-0.39, 0.29) is 0 Å². The average molecular weight is 346 g/mol. The molecule has 0 spiro atoms. The van der Waals surface area contributed by atoms with Gasteiger partial charge < -0.3 is 9.47 Å². The van der Waals surface area contributed by atoms with Crippen molar-refractivity contribution in [1.82, 2.24) is 4.57 Å². The summed E-state index contributed by atoms with van der Waals surface area (Å²) in [5.74, 6) is 0. The van der Waals surface area contributed by atoms with Crippen molar-refractivity contribution in [2.45, 2.75) is 58.7 Å². The summed E-state index contributed by atoms with van der Waals surface area (Å²) in [5.41, 5.74) is 9.15. The Morgan fingerprint density at radius 3 is 2.85 bits per heavy atom. The summed E-state index contributed by atoms with van der Waals surface area (Å²) in [6.07, 6.45) is 5.21. The smallest absolute Gasteiger partial charge is 0.129 e. The molecule has 5 rings (SSSR count).